The summed E-state index contributed by atoms with van der Waals surface area (Å²) in [4.78, 5) is 1.40. The average molecular weight is 433 g/mol. The third-order valence-corrected chi connectivity index (χ3v) is 3.58. The summed E-state index contributed by atoms with van der Waals surface area (Å²) in [6.07, 6.45) is -11.0. The van der Waals surface area contributed by atoms with E-state index < -0.39 is 42.1 Å². The van der Waals surface area contributed by atoms with Gasteiger partial charge in [-0.15, -0.1) is 38.0 Å². The fourth-order valence-corrected chi connectivity index (χ4v) is 2.62. The summed E-state index contributed by atoms with van der Waals surface area (Å²) >= 11 is 0. The van der Waals surface area contributed by atoms with Crippen LogP contribution in [0.15, 0.2) is 18.2 Å². The van der Waals surface area contributed by atoms with E-state index in [0.29, 0.717) is 25.2 Å². The molecule has 26 heavy (non-hydrogen) atoms. The smallest absolute Gasteiger partial charge is 0.406 e. The quantitative estimate of drug-likeness (QED) is 0.710. The Morgan fingerprint density at radius 2 is 1.62 bits per heavy atom. The molecule has 1 N–H and O–H groups in total. The first kappa shape index (κ1) is 25.0. The van der Waals surface area contributed by atoms with Crippen LogP contribution in [0.3, 0.4) is 0 Å². The predicted octanol–water partition coefficient (Wildman–Crippen LogP) is 4.47. The van der Waals surface area contributed by atoms with Gasteiger partial charge in [0, 0.05) is 37.8 Å². The van der Waals surface area contributed by atoms with E-state index in [1.807, 2.05) is 0 Å². The highest BCUT2D eigenvalue weighted by atomic mass is 35.5. The molecule has 0 spiro atoms. The van der Waals surface area contributed by atoms with Crippen molar-refractivity contribution >= 4 is 24.8 Å². The van der Waals surface area contributed by atoms with Crippen LogP contribution >= 0.6 is 24.8 Å². The minimum Gasteiger partial charge on any atom is -0.406 e. The van der Waals surface area contributed by atoms with E-state index in [1.165, 1.54) is 4.90 Å². The van der Waals surface area contributed by atoms with Gasteiger partial charge in [0.15, 0.2) is 0 Å². The first-order chi connectivity index (χ1) is 11.1. The standard InChI is InChI=1S/C14H15F7N2O.2ClH/c15-11-2-1-9(24-14(19,20)21)7-10(11)12(8-13(16,17)18)23-5-3-22-4-6-23;;/h1-2,7,12,22H,3-6,8H2;2*1H/t12-;;/m0../s1. The summed E-state index contributed by atoms with van der Waals surface area (Å²) in [7, 11) is 0. The summed E-state index contributed by atoms with van der Waals surface area (Å²) in [5, 5.41) is 2.95. The van der Waals surface area contributed by atoms with Crippen molar-refractivity contribution < 1.29 is 35.5 Å². The number of halogens is 9. The number of benzene rings is 1. The van der Waals surface area contributed by atoms with Gasteiger partial charge in [-0.05, 0) is 18.2 Å². The summed E-state index contributed by atoms with van der Waals surface area (Å²) < 4.78 is 93.2. The van der Waals surface area contributed by atoms with E-state index in [0.717, 1.165) is 6.07 Å². The summed E-state index contributed by atoms with van der Waals surface area (Å²) in [6.45, 7) is 1.28. The number of hydrogen-bond donors (Lipinski definition) is 1. The lowest BCUT2D eigenvalue weighted by Gasteiger charge is -2.35. The molecule has 0 aliphatic carbocycles. The molecule has 1 aromatic rings. The van der Waals surface area contributed by atoms with Crippen LogP contribution in [0.4, 0.5) is 30.7 Å². The molecule has 152 valence electrons. The lowest BCUT2D eigenvalue weighted by molar-refractivity contribution is -0.274. The Balaban J connectivity index is 0.00000312. The highest BCUT2D eigenvalue weighted by Crippen LogP contribution is 2.37. The van der Waals surface area contributed by atoms with Crippen LogP contribution in [-0.2, 0) is 0 Å². The van der Waals surface area contributed by atoms with Crippen molar-refractivity contribution in [1.82, 2.24) is 10.2 Å². The molecule has 0 radical (unpaired) electrons. The van der Waals surface area contributed by atoms with Crippen molar-refractivity contribution in [3.8, 4) is 5.75 Å². The molecule has 1 fully saturated rings. The van der Waals surface area contributed by atoms with Gasteiger partial charge >= 0.3 is 12.5 Å². The van der Waals surface area contributed by atoms with Gasteiger partial charge in [-0.2, -0.15) is 13.2 Å². The summed E-state index contributed by atoms with van der Waals surface area (Å²) in [5.74, 6) is -1.75. The molecule has 2 rings (SSSR count). The van der Waals surface area contributed by atoms with Gasteiger partial charge in [0.2, 0.25) is 0 Å². The van der Waals surface area contributed by atoms with Gasteiger partial charge < -0.3 is 10.1 Å². The topological polar surface area (TPSA) is 24.5 Å². The normalized spacial score (nSPS) is 17.0. The highest BCUT2D eigenvalue weighted by molar-refractivity contribution is 5.85. The molecule has 0 saturated carbocycles. The SMILES string of the molecule is Cl.Cl.Fc1ccc(OC(F)(F)F)cc1[C@H](CC(F)(F)F)N1CCNCC1. The Bertz CT molecular complexity index is 563. The van der Waals surface area contributed by atoms with Crippen molar-refractivity contribution in [2.45, 2.75) is 25.0 Å². The van der Waals surface area contributed by atoms with E-state index in [9.17, 15) is 30.7 Å². The van der Waals surface area contributed by atoms with Gasteiger partial charge in [-0.25, -0.2) is 4.39 Å². The minimum absolute atomic E-state index is 0. The molecule has 3 nitrogen and oxygen atoms in total. The zero-order valence-corrected chi connectivity index (χ0v) is 14.8. The van der Waals surface area contributed by atoms with Crippen LogP contribution in [0.5, 0.6) is 5.75 Å². The maximum absolute atomic E-state index is 14.0. The molecule has 1 aliphatic rings. The molecular weight excluding hydrogens is 416 g/mol. The van der Waals surface area contributed by atoms with Crippen LogP contribution < -0.4 is 10.1 Å². The molecule has 1 heterocycles. The van der Waals surface area contributed by atoms with E-state index in [2.05, 4.69) is 10.1 Å². The molecule has 1 aliphatic heterocycles. The van der Waals surface area contributed by atoms with E-state index in [4.69, 9.17) is 0 Å². The Morgan fingerprint density at radius 3 is 2.12 bits per heavy atom. The summed E-state index contributed by atoms with van der Waals surface area (Å²) in [5.41, 5.74) is -0.462. The second-order valence-electron chi connectivity index (χ2n) is 5.35. The Kier molecular flexibility index (Phi) is 9.45. The minimum atomic E-state index is -5.01. The van der Waals surface area contributed by atoms with Crippen molar-refractivity contribution in [3.05, 3.63) is 29.6 Å². The maximum atomic E-state index is 14.0. The maximum Gasteiger partial charge on any atom is 0.573 e. The fraction of sp³-hybridized carbons (Fsp3) is 0.571. The molecule has 1 atom stereocenters. The zero-order valence-electron chi connectivity index (χ0n) is 13.2. The Morgan fingerprint density at radius 1 is 1.04 bits per heavy atom. The molecule has 1 aromatic carbocycles. The van der Waals surface area contributed by atoms with Crippen molar-refractivity contribution in [2.75, 3.05) is 26.2 Å². The Labute approximate surface area is 157 Å². The van der Waals surface area contributed by atoms with E-state index in [-0.39, 0.29) is 37.9 Å². The molecule has 0 amide bonds. The molecule has 0 bridgehead atoms. The van der Waals surface area contributed by atoms with Crippen molar-refractivity contribution in [1.29, 1.82) is 0 Å². The van der Waals surface area contributed by atoms with Gasteiger partial charge in [0.05, 0.1) is 6.42 Å². The number of alkyl halides is 6. The van der Waals surface area contributed by atoms with Gasteiger partial charge in [-0.3, -0.25) is 4.90 Å². The van der Waals surface area contributed by atoms with Gasteiger partial charge in [0.25, 0.3) is 0 Å². The zero-order chi connectivity index (χ0) is 18.0. The number of piperazine rings is 1. The first-order valence-corrected chi connectivity index (χ1v) is 7.12. The molecule has 0 aromatic heterocycles. The van der Waals surface area contributed by atoms with E-state index >= 15 is 0 Å². The lowest BCUT2D eigenvalue weighted by atomic mass is 10.00. The number of nitrogens with one attached hydrogen (secondary N) is 1. The van der Waals surface area contributed by atoms with Gasteiger partial charge in [0.1, 0.15) is 11.6 Å². The highest BCUT2D eigenvalue weighted by Gasteiger charge is 2.38. The van der Waals surface area contributed by atoms with Crippen LogP contribution in [0.1, 0.15) is 18.0 Å². The fourth-order valence-electron chi connectivity index (χ4n) is 2.62. The predicted molar refractivity (Wildman–Crippen MR) is 85.4 cm³/mol. The molecule has 12 heteroatoms. The number of hydrogen-bond acceptors (Lipinski definition) is 3. The number of nitrogens with zero attached hydrogens (tertiary/aromatic N) is 1. The van der Waals surface area contributed by atoms with Gasteiger partial charge in [-0.1, -0.05) is 0 Å². The lowest BCUT2D eigenvalue weighted by Crippen LogP contribution is -2.46. The largest absolute Gasteiger partial charge is 0.573 e. The van der Waals surface area contributed by atoms with Crippen molar-refractivity contribution in [2.24, 2.45) is 0 Å². The number of rotatable bonds is 4. The third kappa shape index (κ3) is 7.73. The van der Waals surface area contributed by atoms with Crippen LogP contribution in [-0.4, -0.2) is 43.6 Å². The molecular formula is C14H17Cl2F7N2O. The monoisotopic (exact) mass is 432 g/mol. The second kappa shape index (κ2) is 9.82. The molecule has 0 unspecified atom stereocenters. The molecule has 1 saturated heterocycles. The number of ether oxygens (including phenoxy) is 1. The average Bonchev–Trinajstić information content (AvgIpc) is 2.45. The van der Waals surface area contributed by atoms with Crippen molar-refractivity contribution in [3.63, 3.8) is 0 Å². The third-order valence-electron chi connectivity index (χ3n) is 3.58. The van der Waals surface area contributed by atoms with E-state index in [1.54, 1.807) is 0 Å². The van der Waals surface area contributed by atoms with Crippen LogP contribution in [0.2, 0.25) is 0 Å². The van der Waals surface area contributed by atoms with Crippen LogP contribution in [0.25, 0.3) is 0 Å². The first-order valence-electron chi connectivity index (χ1n) is 7.12. The second-order valence-corrected chi connectivity index (χ2v) is 5.35. The summed E-state index contributed by atoms with van der Waals surface area (Å²) in [6, 6.07) is 0.682. The Hall–Kier alpha value is -0.970. The van der Waals surface area contributed by atoms with Crippen LogP contribution in [0, 0.1) is 5.82 Å².